The molecule has 0 aliphatic carbocycles. The van der Waals surface area contributed by atoms with Gasteiger partial charge >= 0.3 is 0 Å². The minimum atomic E-state index is -3.60. The molecule has 1 saturated heterocycles. The highest BCUT2D eigenvalue weighted by molar-refractivity contribution is 7.91. The smallest absolute Gasteiger partial charge is 0.263 e. The molecule has 36 heavy (non-hydrogen) atoms. The van der Waals surface area contributed by atoms with Gasteiger partial charge in [-0.05, 0) is 54.8 Å². The van der Waals surface area contributed by atoms with Crippen LogP contribution >= 0.6 is 22.9 Å². The largest absolute Gasteiger partial charge is 0.354 e. The number of sulfone groups is 1. The van der Waals surface area contributed by atoms with Gasteiger partial charge in [-0.2, -0.15) is 0 Å². The lowest BCUT2D eigenvalue weighted by molar-refractivity contribution is -0.131. The Morgan fingerprint density at radius 2 is 1.81 bits per heavy atom. The number of halogens is 1. The van der Waals surface area contributed by atoms with E-state index >= 15 is 0 Å². The third kappa shape index (κ3) is 5.66. The van der Waals surface area contributed by atoms with Crippen LogP contribution in [0.1, 0.15) is 34.6 Å². The Labute approximate surface area is 219 Å². The fraction of sp³-hybridized carbons (Fsp3) is 0.400. The van der Waals surface area contributed by atoms with Crippen molar-refractivity contribution in [1.82, 2.24) is 14.8 Å². The molecule has 0 radical (unpaired) electrons. The van der Waals surface area contributed by atoms with Gasteiger partial charge in [-0.3, -0.25) is 14.6 Å². The van der Waals surface area contributed by atoms with Crippen LogP contribution in [0.4, 0.5) is 0 Å². The molecule has 1 aliphatic heterocycles. The molecule has 1 fully saturated rings. The summed E-state index contributed by atoms with van der Waals surface area (Å²) in [5.41, 5.74) is 0.863. The van der Waals surface area contributed by atoms with Crippen LogP contribution in [-0.2, 0) is 21.7 Å². The maximum absolute atomic E-state index is 12.9. The molecule has 11 heteroatoms. The average molecular weight is 549 g/mol. The molecule has 0 atom stereocenters. The molecule has 1 N–H and O–H groups in total. The second kappa shape index (κ2) is 10.7. The zero-order chi connectivity index (χ0) is 26.0. The lowest BCUT2D eigenvalue weighted by atomic mass is 10.1. The zero-order valence-corrected chi connectivity index (χ0v) is 22.8. The van der Waals surface area contributed by atoms with Gasteiger partial charge < -0.3 is 14.8 Å². The average Bonchev–Trinajstić information content (AvgIpc) is 3.15. The summed E-state index contributed by atoms with van der Waals surface area (Å²) in [4.78, 5) is 33.0. The van der Waals surface area contributed by atoms with Crippen molar-refractivity contribution in [2.75, 3.05) is 25.9 Å². The van der Waals surface area contributed by atoms with Crippen LogP contribution in [0.2, 0.25) is 5.02 Å². The molecule has 4 rings (SSSR count). The summed E-state index contributed by atoms with van der Waals surface area (Å²) in [6.45, 7) is 2.95. The predicted molar refractivity (Wildman–Crippen MR) is 142 cm³/mol. The van der Waals surface area contributed by atoms with E-state index in [0.717, 1.165) is 21.3 Å². The van der Waals surface area contributed by atoms with Gasteiger partial charge in [-0.1, -0.05) is 35.1 Å². The highest BCUT2D eigenvalue weighted by Crippen LogP contribution is 2.24. The first-order valence-corrected chi connectivity index (χ1v) is 14.6. The SMILES string of the molecule is CNC(=O)c1s/c(=N\C2CCN(C(=O)CCS(=O)(=O)c3ccc4cc(Cl)ccc4c3)CC2)n(C)c1C. The fourth-order valence-electron chi connectivity index (χ4n) is 4.25. The molecule has 0 saturated carbocycles. The molecular formula is C25H29ClN4O4S2. The number of aromatic nitrogens is 1. The molecule has 0 bridgehead atoms. The second-order valence-electron chi connectivity index (χ2n) is 8.90. The number of thiazole rings is 1. The predicted octanol–water partition coefficient (Wildman–Crippen LogP) is 3.32. The van der Waals surface area contributed by atoms with E-state index in [9.17, 15) is 18.0 Å². The van der Waals surface area contributed by atoms with E-state index in [4.69, 9.17) is 16.6 Å². The molecule has 2 aromatic carbocycles. The Morgan fingerprint density at radius 1 is 1.14 bits per heavy atom. The number of likely N-dealkylation sites (tertiary alicyclic amines) is 1. The summed E-state index contributed by atoms with van der Waals surface area (Å²) in [7, 11) is -0.101. The summed E-state index contributed by atoms with van der Waals surface area (Å²) >= 11 is 7.37. The highest BCUT2D eigenvalue weighted by Gasteiger charge is 2.25. The maximum atomic E-state index is 12.9. The third-order valence-electron chi connectivity index (χ3n) is 6.57. The molecule has 2 heterocycles. The van der Waals surface area contributed by atoms with Crippen molar-refractivity contribution in [3.63, 3.8) is 0 Å². The molecule has 0 spiro atoms. The van der Waals surface area contributed by atoms with Crippen molar-refractivity contribution in [2.45, 2.75) is 37.1 Å². The van der Waals surface area contributed by atoms with E-state index in [0.29, 0.717) is 35.8 Å². The van der Waals surface area contributed by atoms with Crippen molar-refractivity contribution in [2.24, 2.45) is 12.0 Å². The number of rotatable bonds is 6. The van der Waals surface area contributed by atoms with Crippen LogP contribution in [-0.4, -0.2) is 61.6 Å². The van der Waals surface area contributed by atoms with Gasteiger partial charge in [0.05, 0.1) is 16.7 Å². The topological polar surface area (TPSA) is 101 Å². The van der Waals surface area contributed by atoms with Gasteiger partial charge in [0, 0.05) is 44.3 Å². The van der Waals surface area contributed by atoms with E-state index in [-0.39, 0.29) is 34.9 Å². The van der Waals surface area contributed by atoms with Gasteiger partial charge in [0.15, 0.2) is 14.6 Å². The van der Waals surface area contributed by atoms with Crippen LogP contribution in [0, 0.1) is 6.92 Å². The van der Waals surface area contributed by atoms with Gasteiger partial charge in [0.1, 0.15) is 4.88 Å². The van der Waals surface area contributed by atoms with Gasteiger partial charge in [-0.15, -0.1) is 0 Å². The molecule has 192 valence electrons. The van der Waals surface area contributed by atoms with E-state index < -0.39 is 9.84 Å². The Balaban J connectivity index is 1.36. The minimum Gasteiger partial charge on any atom is -0.354 e. The molecule has 8 nitrogen and oxygen atoms in total. The van der Waals surface area contributed by atoms with Crippen LogP contribution in [0.25, 0.3) is 10.8 Å². The molecule has 1 aliphatic rings. The van der Waals surface area contributed by atoms with Crippen molar-refractivity contribution in [1.29, 1.82) is 0 Å². The summed E-state index contributed by atoms with van der Waals surface area (Å²) < 4.78 is 27.7. The summed E-state index contributed by atoms with van der Waals surface area (Å²) in [6.07, 6.45) is 1.33. The Kier molecular flexibility index (Phi) is 7.87. The number of fused-ring (bicyclic) bond motifs is 1. The first kappa shape index (κ1) is 26.4. The van der Waals surface area contributed by atoms with E-state index in [1.807, 2.05) is 18.5 Å². The summed E-state index contributed by atoms with van der Waals surface area (Å²) in [5.74, 6) is -0.524. The Morgan fingerprint density at radius 3 is 2.50 bits per heavy atom. The first-order chi connectivity index (χ1) is 17.1. The first-order valence-electron chi connectivity index (χ1n) is 11.7. The molecular weight excluding hydrogens is 520 g/mol. The second-order valence-corrected chi connectivity index (χ2v) is 12.4. The number of carbonyl (C=O) groups is 2. The van der Waals surface area contributed by atoms with Crippen molar-refractivity contribution < 1.29 is 18.0 Å². The zero-order valence-electron chi connectivity index (χ0n) is 20.5. The fourth-order valence-corrected chi connectivity index (χ4v) is 6.83. The van der Waals surface area contributed by atoms with Crippen LogP contribution in [0.15, 0.2) is 46.3 Å². The normalized spacial score (nSPS) is 15.4. The van der Waals surface area contributed by atoms with Crippen molar-refractivity contribution in [3.8, 4) is 0 Å². The van der Waals surface area contributed by atoms with Crippen LogP contribution in [0.5, 0.6) is 0 Å². The summed E-state index contributed by atoms with van der Waals surface area (Å²) in [5, 5.41) is 4.89. The number of hydrogen-bond donors (Lipinski definition) is 1. The van der Waals surface area contributed by atoms with Gasteiger partial charge in [0.2, 0.25) is 5.91 Å². The van der Waals surface area contributed by atoms with Gasteiger partial charge in [-0.25, -0.2) is 8.42 Å². The Hall–Kier alpha value is -2.69. The molecule has 2 amide bonds. The number of carbonyl (C=O) groups excluding carboxylic acids is 2. The number of amides is 2. The quantitative estimate of drug-likeness (QED) is 0.510. The minimum absolute atomic E-state index is 0.0469. The van der Waals surface area contributed by atoms with Crippen LogP contribution < -0.4 is 10.1 Å². The number of benzene rings is 2. The maximum Gasteiger partial charge on any atom is 0.263 e. The number of nitrogens with one attached hydrogen (secondary N) is 1. The standard InChI is InChI=1S/C25H29ClN4O4S2/c1-16-23(24(32)27-2)35-25(29(16)3)28-20-8-11-30(12-9-20)22(31)10-13-36(33,34)21-7-5-17-14-19(26)6-4-18(17)15-21/h4-7,14-15,20H,8-13H2,1-3H3,(H,27,32)/b28-25-. The number of nitrogens with zero attached hydrogens (tertiary/aromatic N) is 3. The van der Waals surface area contributed by atoms with E-state index in [1.54, 1.807) is 48.3 Å². The van der Waals surface area contributed by atoms with E-state index in [1.165, 1.54) is 11.3 Å². The Bertz CT molecular complexity index is 1490. The molecule has 0 unspecified atom stereocenters. The molecule has 3 aromatic rings. The van der Waals surface area contributed by atoms with Crippen molar-refractivity contribution in [3.05, 3.63) is 56.8 Å². The summed E-state index contributed by atoms with van der Waals surface area (Å²) in [6, 6.07) is 10.3. The van der Waals surface area contributed by atoms with Crippen LogP contribution in [0.3, 0.4) is 0 Å². The number of hydrogen-bond acceptors (Lipinski definition) is 6. The monoisotopic (exact) mass is 548 g/mol. The highest BCUT2D eigenvalue weighted by atomic mass is 35.5. The van der Waals surface area contributed by atoms with Gasteiger partial charge in [0.25, 0.3) is 5.91 Å². The third-order valence-corrected chi connectivity index (χ3v) is 9.77. The lowest BCUT2D eigenvalue weighted by Crippen LogP contribution is -2.40. The lowest BCUT2D eigenvalue weighted by Gasteiger charge is -2.30. The molecule has 1 aromatic heterocycles. The van der Waals surface area contributed by atoms with E-state index in [2.05, 4.69) is 5.32 Å². The van der Waals surface area contributed by atoms with Crippen molar-refractivity contribution >= 4 is 55.4 Å². The number of piperidine rings is 1.